The van der Waals surface area contributed by atoms with Crippen molar-refractivity contribution < 1.29 is 13.9 Å². The van der Waals surface area contributed by atoms with Crippen LogP contribution in [0.3, 0.4) is 0 Å². The molecule has 0 spiro atoms. The molecule has 0 fully saturated rings. The molecule has 17 heavy (non-hydrogen) atoms. The quantitative estimate of drug-likeness (QED) is 0.819. The topological polar surface area (TPSA) is 43.6 Å². The van der Waals surface area contributed by atoms with Crippen LogP contribution < -0.4 is 4.74 Å². The Hall–Kier alpha value is -1.43. The number of ketones is 1. The zero-order valence-electron chi connectivity index (χ0n) is 9.33. The highest BCUT2D eigenvalue weighted by molar-refractivity contribution is 9.10. The molecule has 2 aromatic heterocycles. The summed E-state index contributed by atoms with van der Waals surface area (Å²) < 4.78 is 20.7. The first kappa shape index (κ1) is 12.0. The fourth-order valence-electron chi connectivity index (χ4n) is 1.64. The lowest BCUT2D eigenvalue weighted by Crippen LogP contribution is -1.97. The second-order valence-electron chi connectivity index (χ2n) is 3.47. The third kappa shape index (κ3) is 2.04. The molecule has 90 valence electrons. The van der Waals surface area contributed by atoms with Crippen LogP contribution in [-0.4, -0.2) is 22.0 Å². The van der Waals surface area contributed by atoms with Gasteiger partial charge in [-0.25, -0.2) is 4.52 Å². The van der Waals surface area contributed by atoms with Crippen molar-refractivity contribution in [3.63, 3.8) is 0 Å². The van der Waals surface area contributed by atoms with Crippen molar-refractivity contribution in [1.82, 2.24) is 9.61 Å². The van der Waals surface area contributed by atoms with Gasteiger partial charge in [-0.3, -0.25) is 4.79 Å². The highest BCUT2D eigenvalue weighted by Crippen LogP contribution is 2.28. The van der Waals surface area contributed by atoms with Crippen LogP contribution in [0.25, 0.3) is 5.52 Å². The van der Waals surface area contributed by atoms with Gasteiger partial charge in [0.1, 0.15) is 11.3 Å². The van der Waals surface area contributed by atoms with E-state index in [0.29, 0.717) is 22.3 Å². The van der Waals surface area contributed by atoms with Gasteiger partial charge in [-0.1, -0.05) is 0 Å². The summed E-state index contributed by atoms with van der Waals surface area (Å²) in [6.07, 6.45) is 1.54. The molecular weight excluding hydrogens is 291 g/mol. The smallest absolute Gasteiger partial charge is 0.244 e. The summed E-state index contributed by atoms with van der Waals surface area (Å²) in [7, 11) is 0. The normalized spacial score (nSPS) is 10.8. The maximum absolute atomic E-state index is 13.5. The first-order valence-corrected chi connectivity index (χ1v) is 5.85. The summed E-state index contributed by atoms with van der Waals surface area (Å²) in [5, 5.41) is 3.66. The van der Waals surface area contributed by atoms with Gasteiger partial charge < -0.3 is 4.74 Å². The lowest BCUT2D eigenvalue weighted by atomic mass is 10.2. The molecule has 0 unspecified atom stereocenters. The number of halogens is 2. The maximum atomic E-state index is 13.5. The van der Waals surface area contributed by atoms with Crippen molar-refractivity contribution in [3.8, 4) is 5.75 Å². The Kier molecular flexibility index (Phi) is 3.15. The average molecular weight is 301 g/mol. The van der Waals surface area contributed by atoms with Gasteiger partial charge in [0.25, 0.3) is 0 Å². The van der Waals surface area contributed by atoms with Crippen LogP contribution in [0, 0.1) is 5.95 Å². The van der Waals surface area contributed by atoms with E-state index in [0.717, 1.165) is 0 Å². The minimum Gasteiger partial charge on any atom is -0.492 e. The number of hydrogen-bond acceptors (Lipinski definition) is 3. The Balaban J connectivity index is 2.72. The molecule has 4 nitrogen and oxygen atoms in total. The van der Waals surface area contributed by atoms with Gasteiger partial charge in [-0.15, -0.1) is 5.10 Å². The molecule has 0 radical (unpaired) electrons. The van der Waals surface area contributed by atoms with Gasteiger partial charge in [0.15, 0.2) is 5.78 Å². The van der Waals surface area contributed by atoms with Crippen molar-refractivity contribution in [2.24, 2.45) is 0 Å². The van der Waals surface area contributed by atoms with Crippen LogP contribution in [0.4, 0.5) is 4.39 Å². The number of pyridine rings is 1. The van der Waals surface area contributed by atoms with Crippen molar-refractivity contribution in [2.45, 2.75) is 13.8 Å². The number of hydrogen-bond donors (Lipinski definition) is 0. The molecule has 0 aliphatic carbocycles. The largest absolute Gasteiger partial charge is 0.492 e. The third-order valence-electron chi connectivity index (χ3n) is 2.28. The summed E-state index contributed by atoms with van der Waals surface area (Å²) in [5.41, 5.74) is 0.401. The number of nitrogens with zero attached hydrogens (tertiary/aromatic N) is 2. The Morgan fingerprint density at radius 1 is 1.65 bits per heavy atom. The van der Waals surface area contributed by atoms with E-state index in [1.807, 2.05) is 6.92 Å². The lowest BCUT2D eigenvalue weighted by molar-refractivity contribution is 0.101. The highest BCUT2D eigenvalue weighted by atomic mass is 79.9. The van der Waals surface area contributed by atoms with E-state index in [1.165, 1.54) is 11.4 Å². The molecule has 0 atom stereocenters. The van der Waals surface area contributed by atoms with E-state index in [-0.39, 0.29) is 11.3 Å². The number of aromatic nitrogens is 2. The first-order chi connectivity index (χ1) is 8.04. The minimum atomic E-state index is -0.771. The monoisotopic (exact) mass is 300 g/mol. The van der Waals surface area contributed by atoms with Crippen molar-refractivity contribution >= 4 is 27.2 Å². The molecule has 2 aromatic rings. The fraction of sp³-hybridized carbons (Fsp3) is 0.273. The molecule has 0 aromatic carbocycles. The Labute approximate surface area is 106 Å². The van der Waals surface area contributed by atoms with Crippen LogP contribution in [0.1, 0.15) is 24.2 Å². The lowest BCUT2D eigenvalue weighted by Gasteiger charge is -2.05. The summed E-state index contributed by atoms with van der Waals surface area (Å²) in [5.74, 6) is -0.571. The van der Waals surface area contributed by atoms with E-state index >= 15 is 0 Å². The molecule has 2 rings (SSSR count). The van der Waals surface area contributed by atoms with E-state index < -0.39 is 5.95 Å². The van der Waals surface area contributed by atoms with Crippen LogP contribution in [0.5, 0.6) is 5.75 Å². The SMILES string of the molecule is CCOc1cc(Br)c2c(C(C)=O)c(F)nn2c1. The number of Topliss-reactive ketones (excluding diaryl/α,β-unsaturated/α-hetero) is 1. The summed E-state index contributed by atoms with van der Waals surface area (Å²) in [6, 6.07) is 1.69. The minimum absolute atomic E-state index is 0.0140. The van der Waals surface area contributed by atoms with Crippen molar-refractivity contribution in [2.75, 3.05) is 6.61 Å². The second kappa shape index (κ2) is 4.44. The van der Waals surface area contributed by atoms with E-state index in [1.54, 1.807) is 12.3 Å². The Bertz CT molecular complexity index is 595. The number of ether oxygens (including phenoxy) is 1. The zero-order valence-corrected chi connectivity index (χ0v) is 10.9. The molecule has 0 saturated carbocycles. The Morgan fingerprint density at radius 3 is 2.94 bits per heavy atom. The standard InChI is InChI=1S/C11H10BrFN2O2/c1-3-17-7-4-8(12)10-9(6(2)16)11(13)14-15(10)5-7/h4-5H,3H2,1-2H3. The van der Waals surface area contributed by atoms with Crippen LogP contribution in [-0.2, 0) is 0 Å². The molecule has 6 heteroatoms. The van der Waals surface area contributed by atoms with Gasteiger partial charge in [-0.05, 0) is 35.8 Å². The van der Waals surface area contributed by atoms with Crippen LogP contribution in [0.2, 0.25) is 0 Å². The number of fused-ring (bicyclic) bond motifs is 1. The predicted molar refractivity (Wildman–Crippen MR) is 64.0 cm³/mol. The molecule has 0 aliphatic heterocycles. The molecule has 0 amide bonds. The third-order valence-corrected chi connectivity index (χ3v) is 2.88. The summed E-state index contributed by atoms with van der Waals surface area (Å²) in [4.78, 5) is 11.4. The molecule has 0 saturated heterocycles. The van der Waals surface area contributed by atoms with Gasteiger partial charge in [0, 0.05) is 4.47 Å². The fourth-order valence-corrected chi connectivity index (χ4v) is 2.24. The highest BCUT2D eigenvalue weighted by Gasteiger charge is 2.19. The number of rotatable bonds is 3. The van der Waals surface area contributed by atoms with E-state index in [2.05, 4.69) is 21.0 Å². The number of carbonyl (C=O) groups excluding carboxylic acids is 1. The summed E-state index contributed by atoms with van der Waals surface area (Å²) >= 11 is 3.29. The molecule has 2 heterocycles. The van der Waals surface area contributed by atoms with E-state index in [4.69, 9.17) is 4.74 Å². The second-order valence-corrected chi connectivity index (χ2v) is 4.33. The molecule has 0 N–H and O–H groups in total. The summed E-state index contributed by atoms with van der Waals surface area (Å²) in [6.45, 7) is 3.66. The molecule has 0 aliphatic rings. The van der Waals surface area contributed by atoms with Gasteiger partial charge in [0.2, 0.25) is 5.95 Å². The van der Waals surface area contributed by atoms with Gasteiger partial charge in [0.05, 0.1) is 18.3 Å². The van der Waals surface area contributed by atoms with Crippen LogP contribution in [0.15, 0.2) is 16.7 Å². The Morgan fingerprint density at radius 2 is 2.35 bits per heavy atom. The number of carbonyl (C=O) groups is 1. The van der Waals surface area contributed by atoms with Gasteiger partial charge >= 0.3 is 0 Å². The maximum Gasteiger partial charge on any atom is 0.244 e. The van der Waals surface area contributed by atoms with E-state index in [9.17, 15) is 9.18 Å². The van der Waals surface area contributed by atoms with Crippen molar-refractivity contribution in [3.05, 3.63) is 28.2 Å². The average Bonchev–Trinajstić information content (AvgIpc) is 2.55. The van der Waals surface area contributed by atoms with Crippen LogP contribution >= 0.6 is 15.9 Å². The zero-order chi connectivity index (χ0) is 12.6. The predicted octanol–water partition coefficient (Wildman–Crippen LogP) is 2.84. The van der Waals surface area contributed by atoms with Gasteiger partial charge in [-0.2, -0.15) is 4.39 Å². The molecular formula is C11H10BrFN2O2. The first-order valence-electron chi connectivity index (χ1n) is 5.05. The van der Waals surface area contributed by atoms with Crippen molar-refractivity contribution in [1.29, 1.82) is 0 Å². The molecule has 0 bridgehead atoms.